The summed E-state index contributed by atoms with van der Waals surface area (Å²) in [5.41, 5.74) is 1.87. The van der Waals surface area contributed by atoms with Crippen molar-refractivity contribution >= 4 is 34.8 Å². The predicted molar refractivity (Wildman–Crippen MR) is 78.3 cm³/mol. The van der Waals surface area contributed by atoms with Crippen LogP contribution in [-0.2, 0) is 6.42 Å². The fourth-order valence-corrected chi connectivity index (χ4v) is 2.75. The molecule has 2 nitrogen and oxygen atoms in total. The van der Waals surface area contributed by atoms with E-state index in [0.29, 0.717) is 33.4 Å². The largest absolute Gasteiger partial charge is 0.237 e. The summed E-state index contributed by atoms with van der Waals surface area (Å²) in [6, 6.07) is 7.30. The van der Waals surface area contributed by atoms with Crippen LogP contribution in [0.15, 0.2) is 24.3 Å². The smallest absolute Gasteiger partial charge is 0.134 e. The summed E-state index contributed by atoms with van der Waals surface area (Å²) in [7, 11) is 0. The van der Waals surface area contributed by atoms with E-state index in [9.17, 15) is 0 Å². The summed E-state index contributed by atoms with van der Waals surface area (Å²) < 4.78 is 0. The molecule has 1 aliphatic rings. The van der Waals surface area contributed by atoms with Crippen molar-refractivity contribution in [3.05, 3.63) is 56.5 Å². The summed E-state index contributed by atoms with van der Waals surface area (Å²) in [6.07, 6.45) is 2.86. The second-order valence-electron chi connectivity index (χ2n) is 4.68. The van der Waals surface area contributed by atoms with E-state index in [1.807, 2.05) is 24.3 Å². The van der Waals surface area contributed by atoms with Gasteiger partial charge < -0.3 is 0 Å². The molecule has 98 valence electrons. The molecule has 0 saturated heterocycles. The number of rotatable bonds is 3. The van der Waals surface area contributed by atoms with E-state index in [-0.39, 0.29) is 0 Å². The van der Waals surface area contributed by atoms with E-state index >= 15 is 0 Å². The van der Waals surface area contributed by atoms with Crippen molar-refractivity contribution in [1.82, 2.24) is 9.97 Å². The Morgan fingerprint density at radius 2 is 1.74 bits per heavy atom. The number of hydrogen-bond acceptors (Lipinski definition) is 2. The second kappa shape index (κ2) is 5.28. The fourth-order valence-electron chi connectivity index (χ4n) is 2.01. The van der Waals surface area contributed by atoms with Crippen molar-refractivity contribution < 1.29 is 0 Å². The number of benzene rings is 1. The maximum atomic E-state index is 6.16. The van der Waals surface area contributed by atoms with Gasteiger partial charge in [-0.3, -0.25) is 0 Å². The zero-order valence-corrected chi connectivity index (χ0v) is 12.3. The van der Waals surface area contributed by atoms with Crippen LogP contribution in [-0.4, -0.2) is 9.97 Å². The van der Waals surface area contributed by atoms with Crippen molar-refractivity contribution in [1.29, 1.82) is 0 Å². The van der Waals surface area contributed by atoms with Crippen molar-refractivity contribution in [3.8, 4) is 0 Å². The number of aromatic nitrogens is 2. The standard InChI is InChI=1S/C14H11Cl3N2/c15-10-2-1-3-11(16)9(10)6-14-18-12(8-4-5-8)7-13(17)19-14/h1-3,7-8H,4-6H2. The lowest BCUT2D eigenvalue weighted by Crippen LogP contribution is -2.01. The molecule has 0 amide bonds. The molecule has 2 aromatic rings. The molecule has 1 saturated carbocycles. The van der Waals surface area contributed by atoms with Crippen LogP contribution in [0.1, 0.15) is 35.8 Å². The number of halogens is 3. The van der Waals surface area contributed by atoms with Gasteiger partial charge >= 0.3 is 0 Å². The van der Waals surface area contributed by atoms with Gasteiger partial charge in [-0.1, -0.05) is 40.9 Å². The molecule has 0 N–H and O–H groups in total. The maximum absolute atomic E-state index is 6.16. The van der Waals surface area contributed by atoms with Gasteiger partial charge in [-0.25, -0.2) is 9.97 Å². The first-order chi connectivity index (χ1) is 9.13. The van der Waals surface area contributed by atoms with Gasteiger partial charge in [0.25, 0.3) is 0 Å². The molecule has 1 aliphatic carbocycles. The summed E-state index contributed by atoms with van der Waals surface area (Å²) >= 11 is 18.4. The first-order valence-corrected chi connectivity index (χ1v) is 7.23. The minimum Gasteiger partial charge on any atom is -0.237 e. The van der Waals surface area contributed by atoms with E-state index in [4.69, 9.17) is 34.8 Å². The quantitative estimate of drug-likeness (QED) is 0.753. The fraction of sp³-hybridized carbons (Fsp3) is 0.286. The van der Waals surface area contributed by atoms with E-state index < -0.39 is 0 Å². The minimum absolute atomic E-state index is 0.482. The van der Waals surface area contributed by atoms with Crippen LogP contribution < -0.4 is 0 Å². The van der Waals surface area contributed by atoms with Gasteiger partial charge in [-0.05, 0) is 36.6 Å². The lowest BCUT2D eigenvalue weighted by molar-refractivity contribution is 0.900. The van der Waals surface area contributed by atoms with Gasteiger partial charge in [0.05, 0.1) is 0 Å². The lowest BCUT2D eigenvalue weighted by Gasteiger charge is -2.07. The first kappa shape index (κ1) is 13.2. The monoisotopic (exact) mass is 312 g/mol. The SMILES string of the molecule is Clc1cc(C2CC2)nc(Cc2c(Cl)cccc2Cl)n1. The van der Waals surface area contributed by atoms with Crippen LogP contribution in [0.4, 0.5) is 0 Å². The Labute approximate surface area is 126 Å². The Morgan fingerprint density at radius 3 is 2.37 bits per heavy atom. The summed E-state index contributed by atoms with van der Waals surface area (Å²) in [6.45, 7) is 0. The average molecular weight is 314 g/mol. The van der Waals surface area contributed by atoms with Gasteiger partial charge in [-0.2, -0.15) is 0 Å². The molecule has 0 aliphatic heterocycles. The third-order valence-electron chi connectivity index (χ3n) is 3.15. The minimum atomic E-state index is 0.482. The van der Waals surface area contributed by atoms with Crippen molar-refractivity contribution in [2.24, 2.45) is 0 Å². The van der Waals surface area contributed by atoms with E-state index in [1.54, 1.807) is 0 Å². The maximum Gasteiger partial charge on any atom is 0.134 e. The molecule has 5 heteroatoms. The van der Waals surface area contributed by atoms with Crippen LogP contribution >= 0.6 is 34.8 Å². The summed E-state index contributed by atoms with van der Waals surface area (Å²) in [5, 5.41) is 1.74. The molecule has 0 bridgehead atoms. The van der Waals surface area contributed by atoms with Crippen LogP contribution in [0.2, 0.25) is 15.2 Å². The Morgan fingerprint density at radius 1 is 1.05 bits per heavy atom. The molecular formula is C14H11Cl3N2. The second-order valence-corrected chi connectivity index (χ2v) is 5.88. The van der Waals surface area contributed by atoms with E-state index in [0.717, 1.165) is 11.3 Å². The average Bonchev–Trinajstić information content (AvgIpc) is 3.17. The highest BCUT2D eigenvalue weighted by molar-refractivity contribution is 6.36. The van der Waals surface area contributed by atoms with Crippen LogP contribution in [0.25, 0.3) is 0 Å². The van der Waals surface area contributed by atoms with E-state index in [2.05, 4.69) is 9.97 Å². The third-order valence-corrected chi connectivity index (χ3v) is 4.06. The highest BCUT2D eigenvalue weighted by atomic mass is 35.5. The summed E-state index contributed by atoms with van der Waals surface area (Å²) in [4.78, 5) is 8.82. The zero-order valence-electron chi connectivity index (χ0n) is 10.0. The van der Waals surface area contributed by atoms with Gasteiger partial charge in [0, 0.05) is 28.1 Å². The Bertz CT molecular complexity index is 604. The molecule has 1 fully saturated rings. The van der Waals surface area contributed by atoms with Crippen molar-refractivity contribution in [2.75, 3.05) is 0 Å². The molecule has 19 heavy (non-hydrogen) atoms. The molecule has 1 aromatic carbocycles. The molecule has 1 heterocycles. The lowest BCUT2D eigenvalue weighted by atomic mass is 10.1. The number of nitrogens with zero attached hydrogens (tertiary/aromatic N) is 2. The zero-order chi connectivity index (χ0) is 13.4. The van der Waals surface area contributed by atoms with Gasteiger partial charge in [0.1, 0.15) is 11.0 Å². The summed E-state index contributed by atoms with van der Waals surface area (Å²) in [5.74, 6) is 1.21. The molecule has 0 unspecified atom stereocenters. The van der Waals surface area contributed by atoms with E-state index in [1.165, 1.54) is 12.8 Å². The molecule has 1 aromatic heterocycles. The van der Waals surface area contributed by atoms with Crippen LogP contribution in [0.5, 0.6) is 0 Å². The van der Waals surface area contributed by atoms with Gasteiger partial charge in [0.2, 0.25) is 0 Å². The molecule has 0 radical (unpaired) electrons. The van der Waals surface area contributed by atoms with Crippen molar-refractivity contribution in [2.45, 2.75) is 25.2 Å². The molecule has 3 rings (SSSR count). The van der Waals surface area contributed by atoms with Crippen LogP contribution in [0.3, 0.4) is 0 Å². The predicted octanol–water partition coefficient (Wildman–Crippen LogP) is 4.91. The Hall–Kier alpha value is -0.830. The molecule has 0 spiro atoms. The molecular weight excluding hydrogens is 303 g/mol. The van der Waals surface area contributed by atoms with Gasteiger partial charge in [0.15, 0.2) is 0 Å². The topological polar surface area (TPSA) is 25.8 Å². The normalized spacial score (nSPS) is 14.7. The Kier molecular flexibility index (Phi) is 3.66. The first-order valence-electron chi connectivity index (χ1n) is 6.10. The van der Waals surface area contributed by atoms with Crippen LogP contribution in [0, 0.1) is 0 Å². The highest BCUT2D eigenvalue weighted by Gasteiger charge is 2.26. The molecule has 0 atom stereocenters. The highest BCUT2D eigenvalue weighted by Crippen LogP contribution is 2.39. The van der Waals surface area contributed by atoms with Gasteiger partial charge in [-0.15, -0.1) is 0 Å². The number of hydrogen-bond donors (Lipinski definition) is 0. The Balaban J connectivity index is 1.94. The van der Waals surface area contributed by atoms with Crippen molar-refractivity contribution in [3.63, 3.8) is 0 Å². The third kappa shape index (κ3) is 3.02.